The van der Waals surface area contributed by atoms with Gasteiger partial charge in [0.15, 0.2) is 6.10 Å². The van der Waals surface area contributed by atoms with E-state index in [0.29, 0.717) is 0 Å². The fourth-order valence-electron chi connectivity index (χ4n) is 1.07. The Hall–Kier alpha value is -0.880. The summed E-state index contributed by atoms with van der Waals surface area (Å²) in [4.78, 5) is 10.4. The Bertz CT molecular complexity index is 424. The molecule has 2 unspecified atom stereocenters. The number of aliphatic carboxylic acids is 1. The molecule has 2 atom stereocenters. The van der Waals surface area contributed by atoms with Crippen molar-refractivity contribution in [3.8, 4) is 0 Å². The molecule has 0 aliphatic carbocycles. The van der Waals surface area contributed by atoms with Crippen molar-refractivity contribution < 1.29 is 24.5 Å². The van der Waals surface area contributed by atoms with Crippen LogP contribution in [0.15, 0.2) is 12.1 Å². The number of aliphatic hydroxyl groups excluding tert-OH is 2. The first-order valence-corrected chi connectivity index (χ1v) is 4.83. The van der Waals surface area contributed by atoms with Crippen LogP contribution in [0.5, 0.6) is 0 Å². The van der Waals surface area contributed by atoms with E-state index in [1.807, 2.05) is 0 Å². The molecule has 16 heavy (non-hydrogen) atoms. The summed E-state index contributed by atoms with van der Waals surface area (Å²) < 4.78 is 13.1. The van der Waals surface area contributed by atoms with Crippen molar-refractivity contribution in [2.75, 3.05) is 0 Å². The molecule has 0 heterocycles. The van der Waals surface area contributed by atoms with Crippen molar-refractivity contribution in [1.29, 1.82) is 0 Å². The van der Waals surface area contributed by atoms with Crippen LogP contribution in [0.2, 0.25) is 10.0 Å². The number of carboxylic acid groups (broad SMARTS) is 1. The second-order valence-electron chi connectivity index (χ2n) is 3.02. The highest BCUT2D eigenvalue weighted by Crippen LogP contribution is 2.30. The van der Waals surface area contributed by atoms with E-state index < -0.39 is 24.0 Å². The molecule has 0 fully saturated rings. The van der Waals surface area contributed by atoms with Crippen molar-refractivity contribution in [3.05, 3.63) is 33.6 Å². The number of halogens is 3. The third kappa shape index (κ3) is 2.62. The molecule has 1 rings (SSSR count). The largest absolute Gasteiger partial charge is 0.479 e. The second kappa shape index (κ2) is 4.97. The summed E-state index contributed by atoms with van der Waals surface area (Å²) in [5.74, 6) is -2.50. The molecule has 0 spiro atoms. The van der Waals surface area contributed by atoms with Gasteiger partial charge >= 0.3 is 5.97 Å². The molecule has 1 aromatic rings. The molecule has 0 aromatic heterocycles. The summed E-state index contributed by atoms with van der Waals surface area (Å²) in [6, 6.07) is 1.80. The first-order chi connectivity index (χ1) is 7.34. The van der Waals surface area contributed by atoms with E-state index in [1.54, 1.807) is 0 Å². The molecule has 3 N–H and O–H groups in total. The topological polar surface area (TPSA) is 77.8 Å². The first kappa shape index (κ1) is 13.2. The van der Waals surface area contributed by atoms with Crippen LogP contribution < -0.4 is 0 Å². The van der Waals surface area contributed by atoms with Gasteiger partial charge in [0.1, 0.15) is 11.9 Å². The summed E-state index contributed by atoms with van der Waals surface area (Å²) in [7, 11) is 0. The quantitative estimate of drug-likeness (QED) is 0.728. The Morgan fingerprint density at radius 2 is 1.81 bits per heavy atom. The number of hydrogen-bond donors (Lipinski definition) is 3. The molecule has 0 saturated heterocycles. The molecule has 0 aliphatic heterocycles. The van der Waals surface area contributed by atoms with Crippen LogP contribution in [-0.2, 0) is 4.79 Å². The van der Waals surface area contributed by atoms with Gasteiger partial charge in [0.05, 0.1) is 5.02 Å². The number of aliphatic hydroxyl groups is 2. The lowest BCUT2D eigenvalue weighted by molar-refractivity contribution is -0.153. The average molecular weight is 269 g/mol. The fraction of sp³-hybridized carbons (Fsp3) is 0.222. The zero-order chi connectivity index (χ0) is 12.5. The van der Waals surface area contributed by atoms with E-state index in [0.717, 1.165) is 12.1 Å². The van der Waals surface area contributed by atoms with Gasteiger partial charge < -0.3 is 15.3 Å². The Labute approximate surface area is 99.8 Å². The highest BCUT2D eigenvalue weighted by atomic mass is 35.5. The standard InChI is InChI=1S/C9H7Cl2FO4/c10-4-2-5(11)6(12)1-3(4)7(13)8(14)9(15)16/h1-2,7-8,13-14H,(H,15,16). The molecule has 0 amide bonds. The van der Waals surface area contributed by atoms with E-state index in [1.165, 1.54) is 0 Å². The van der Waals surface area contributed by atoms with Crippen molar-refractivity contribution in [2.45, 2.75) is 12.2 Å². The monoisotopic (exact) mass is 268 g/mol. The molecule has 0 bridgehead atoms. The maximum atomic E-state index is 13.1. The van der Waals surface area contributed by atoms with Crippen LogP contribution in [0, 0.1) is 5.82 Å². The Morgan fingerprint density at radius 1 is 1.25 bits per heavy atom. The van der Waals surface area contributed by atoms with Gasteiger partial charge in [-0.1, -0.05) is 23.2 Å². The predicted octanol–water partition coefficient (Wildman–Crippen LogP) is 1.61. The van der Waals surface area contributed by atoms with E-state index in [9.17, 15) is 14.3 Å². The van der Waals surface area contributed by atoms with E-state index in [-0.39, 0.29) is 15.6 Å². The second-order valence-corrected chi connectivity index (χ2v) is 3.83. The number of carbonyl (C=O) groups is 1. The highest BCUT2D eigenvalue weighted by molar-refractivity contribution is 6.35. The van der Waals surface area contributed by atoms with E-state index >= 15 is 0 Å². The van der Waals surface area contributed by atoms with Crippen LogP contribution in [0.3, 0.4) is 0 Å². The predicted molar refractivity (Wildman–Crippen MR) is 55.0 cm³/mol. The first-order valence-electron chi connectivity index (χ1n) is 4.08. The Kier molecular flexibility index (Phi) is 4.09. The number of rotatable bonds is 3. The SMILES string of the molecule is O=C(O)C(O)C(O)c1cc(F)c(Cl)cc1Cl. The minimum Gasteiger partial charge on any atom is -0.479 e. The zero-order valence-corrected chi connectivity index (χ0v) is 9.21. The van der Waals surface area contributed by atoms with Gasteiger partial charge in [0.25, 0.3) is 0 Å². The molecular formula is C9H7Cl2FO4. The lowest BCUT2D eigenvalue weighted by atomic mass is 10.0. The van der Waals surface area contributed by atoms with Crippen molar-refractivity contribution in [1.82, 2.24) is 0 Å². The molecule has 0 saturated carbocycles. The molecule has 7 heteroatoms. The molecule has 0 aliphatic rings. The third-order valence-corrected chi connectivity index (χ3v) is 2.53. The van der Waals surface area contributed by atoms with Crippen LogP contribution in [0.4, 0.5) is 4.39 Å². The van der Waals surface area contributed by atoms with Crippen LogP contribution in [0.25, 0.3) is 0 Å². The van der Waals surface area contributed by atoms with Crippen LogP contribution in [-0.4, -0.2) is 27.4 Å². The van der Waals surface area contributed by atoms with Gasteiger partial charge in [0.2, 0.25) is 0 Å². The lowest BCUT2D eigenvalue weighted by Crippen LogP contribution is -2.27. The summed E-state index contributed by atoms with van der Waals surface area (Å²) >= 11 is 11.0. The summed E-state index contributed by atoms with van der Waals surface area (Å²) in [6.07, 6.45) is -3.91. The number of benzene rings is 1. The fourth-order valence-corrected chi connectivity index (χ4v) is 1.56. The molecular weight excluding hydrogens is 262 g/mol. The number of carboxylic acids is 1. The van der Waals surface area contributed by atoms with Gasteiger partial charge in [0, 0.05) is 10.6 Å². The highest BCUT2D eigenvalue weighted by Gasteiger charge is 2.27. The minimum atomic E-state index is -2.09. The van der Waals surface area contributed by atoms with Crippen molar-refractivity contribution in [3.63, 3.8) is 0 Å². The Balaban J connectivity index is 3.13. The molecule has 1 aromatic carbocycles. The van der Waals surface area contributed by atoms with Crippen molar-refractivity contribution in [2.24, 2.45) is 0 Å². The Morgan fingerprint density at radius 3 is 2.31 bits per heavy atom. The number of hydrogen-bond acceptors (Lipinski definition) is 3. The van der Waals surface area contributed by atoms with Crippen LogP contribution >= 0.6 is 23.2 Å². The van der Waals surface area contributed by atoms with Gasteiger partial charge in [-0.15, -0.1) is 0 Å². The molecule has 0 radical (unpaired) electrons. The van der Waals surface area contributed by atoms with Gasteiger partial charge in [-0.2, -0.15) is 0 Å². The maximum absolute atomic E-state index is 13.1. The van der Waals surface area contributed by atoms with E-state index in [2.05, 4.69) is 0 Å². The summed E-state index contributed by atoms with van der Waals surface area (Å²) in [5.41, 5.74) is -0.238. The van der Waals surface area contributed by atoms with Crippen LogP contribution in [0.1, 0.15) is 11.7 Å². The zero-order valence-electron chi connectivity index (χ0n) is 7.69. The van der Waals surface area contributed by atoms with Gasteiger partial charge in [-0.3, -0.25) is 0 Å². The third-order valence-electron chi connectivity index (χ3n) is 1.91. The normalized spacial score (nSPS) is 14.6. The van der Waals surface area contributed by atoms with Gasteiger partial charge in [-0.25, -0.2) is 9.18 Å². The summed E-state index contributed by atoms with van der Waals surface area (Å²) in [6.45, 7) is 0. The van der Waals surface area contributed by atoms with Crippen molar-refractivity contribution >= 4 is 29.2 Å². The minimum absolute atomic E-state index is 0.126. The van der Waals surface area contributed by atoms with Gasteiger partial charge in [-0.05, 0) is 12.1 Å². The van der Waals surface area contributed by atoms with E-state index in [4.69, 9.17) is 33.4 Å². The average Bonchev–Trinajstić information content (AvgIpc) is 2.21. The summed E-state index contributed by atoms with van der Waals surface area (Å²) in [5, 5.41) is 26.6. The molecule has 88 valence electrons. The maximum Gasteiger partial charge on any atom is 0.335 e. The molecule has 4 nitrogen and oxygen atoms in total. The lowest BCUT2D eigenvalue weighted by Gasteiger charge is -2.16. The smallest absolute Gasteiger partial charge is 0.335 e.